The fraction of sp³-hybridized carbons (Fsp3) is 0.200. The summed E-state index contributed by atoms with van der Waals surface area (Å²) in [5.74, 6) is 2.61. The number of hydrogen-bond donors (Lipinski definition) is 1. The summed E-state index contributed by atoms with van der Waals surface area (Å²) in [6, 6.07) is 9.99. The number of aryl methyl sites for hydroxylation is 3. The van der Waals surface area contributed by atoms with Crippen molar-refractivity contribution in [3.05, 3.63) is 66.6 Å². The average molecular weight is 440 g/mol. The van der Waals surface area contributed by atoms with E-state index in [-0.39, 0.29) is 5.03 Å². The maximum atomic E-state index is 12.6. The van der Waals surface area contributed by atoms with Crippen LogP contribution in [0.1, 0.15) is 18.6 Å². The van der Waals surface area contributed by atoms with Gasteiger partial charge in [-0.2, -0.15) is 18.5 Å². The molecule has 160 valence electrons. The molecule has 0 spiro atoms. The van der Waals surface area contributed by atoms with Gasteiger partial charge in [-0.25, -0.2) is 14.6 Å². The Morgan fingerprint density at radius 3 is 2.52 bits per heavy atom. The van der Waals surface area contributed by atoms with E-state index in [2.05, 4.69) is 24.8 Å². The van der Waals surface area contributed by atoms with Gasteiger partial charge in [-0.3, -0.25) is 4.72 Å². The van der Waals surface area contributed by atoms with Crippen molar-refractivity contribution in [3.63, 3.8) is 0 Å². The number of nitrogens with one attached hydrogen (secondary N) is 1. The summed E-state index contributed by atoms with van der Waals surface area (Å²) in [6.45, 7) is 6.10. The third-order valence-corrected chi connectivity index (χ3v) is 5.69. The van der Waals surface area contributed by atoms with E-state index in [1.165, 1.54) is 6.20 Å². The van der Waals surface area contributed by atoms with Crippen LogP contribution in [0.3, 0.4) is 0 Å². The number of sulfonamides is 1. The Hall–Kier alpha value is -3.73. The molecule has 0 unspecified atom stereocenters. The van der Waals surface area contributed by atoms with Crippen LogP contribution in [0.15, 0.2) is 60.0 Å². The van der Waals surface area contributed by atoms with Gasteiger partial charge < -0.3 is 9.30 Å². The van der Waals surface area contributed by atoms with Gasteiger partial charge >= 0.3 is 0 Å². The third-order valence-electron chi connectivity index (χ3n) is 4.44. The first-order valence-electron chi connectivity index (χ1n) is 9.54. The standard InChI is InChI=1S/C20H21N7O3S/c1-4-26-13-20(24-15(26)3)31(28,29)25-16-6-8-17(9-7-16)30-19-12-18(22-14(2)23-19)27-11-5-10-21-27/h5-13,25H,4H2,1-3H3. The quantitative estimate of drug-likeness (QED) is 0.470. The monoisotopic (exact) mass is 439 g/mol. The highest BCUT2D eigenvalue weighted by atomic mass is 32.2. The van der Waals surface area contributed by atoms with E-state index in [0.717, 1.165) is 0 Å². The van der Waals surface area contributed by atoms with Crippen LogP contribution >= 0.6 is 0 Å². The second-order valence-electron chi connectivity index (χ2n) is 6.71. The van der Waals surface area contributed by atoms with Crippen molar-refractivity contribution in [1.82, 2.24) is 29.3 Å². The summed E-state index contributed by atoms with van der Waals surface area (Å²) >= 11 is 0. The summed E-state index contributed by atoms with van der Waals surface area (Å²) in [4.78, 5) is 12.7. The van der Waals surface area contributed by atoms with E-state index in [1.807, 2.05) is 6.92 Å². The zero-order valence-corrected chi connectivity index (χ0v) is 18.0. The number of ether oxygens (including phenoxy) is 1. The Morgan fingerprint density at radius 1 is 1.10 bits per heavy atom. The molecule has 0 aliphatic rings. The van der Waals surface area contributed by atoms with Crippen molar-refractivity contribution < 1.29 is 13.2 Å². The minimum atomic E-state index is -3.79. The molecule has 0 saturated carbocycles. The molecule has 0 saturated heterocycles. The predicted molar refractivity (Wildman–Crippen MR) is 114 cm³/mol. The van der Waals surface area contributed by atoms with Gasteiger partial charge in [0.05, 0.1) is 0 Å². The fourth-order valence-corrected chi connectivity index (χ4v) is 4.02. The Balaban J connectivity index is 1.50. The molecular weight excluding hydrogens is 418 g/mol. The van der Waals surface area contributed by atoms with Gasteiger partial charge in [0, 0.05) is 36.9 Å². The van der Waals surface area contributed by atoms with Gasteiger partial charge in [-0.15, -0.1) is 0 Å². The van der Waals surface area contributed by atoms with Crippen LogP contribution in [0.2, 0.25) is 0 Å². The molecule has 4 aromatic rings. The average Bonchev–Trinajstić information content (AvgIpc) is 3.39. The van der Waals surface area contributed by atoms with Crippen molar-refractivity contribution >= 4 is 15.7 Å². The first-order chi connectivity index (χ1) is 14.8. The normalized spacial score (nSPS) is 11.5. The molecular formula is C20H21N7O3S. The topological polar surface area (TPSA) is 117 Å². The van der Waals surface area contributed by atoms with Crippen molar-refractivity contribution in [2.75, 3.05) is 4.72 Å². The smallest absolute Gasteiger partial charge is 0.280 e. The van der Waals surface area contributed by atoms with E-state index in [1.54, 1.807) is 71.9 Å². The number of hydrogen-bond acceptors (Lipinski definition) is 7. The Kier molecular flexibility index (Phi) is 5.42. The van der Waals surface area contributed by atoms with Crippen LogP contribution in [0, 0.1) is 13.8 Å². The van der Waals surface area contributed by atoms with E-state index < -0.39 is 10.0 Å². The third kappa shape index (κ3) is 4.56. The lowest BCUT2D eigenvalue weighted by molar-refractivity contribution is 0.459. The molecule has 3 aromatic heterocycles. The Labute approximate surface area is 179 Å². The summed E-state index contributed by atoms with van der Waals surface area (Å²) in [7, 11) is -3.79. The van der Waals surface area contributed by atoms with Crippen LogP contribution in [-0.2, 0) is 16.6 Å². The molecule has 1 N–H and O–H groups in total. The first-order valence-corrected chi connectivity index (χ1v) is 11.0. The first kappa shape index (κ1) is 20.5. The highest BCUT2D eigenvalue weighted by molar-refractivity contribution is 7.92. The number of nitrogens with zero attached hydrogens (tertiary/aromatic N) is 6. The molecule has 31 heavy (non-hydrogen) atoms. The fourth-order valence-electron chi connectivity index (χ4n) is 2.95. The highest BCUT2D eigenvalue weighted by Crippen LogP contribution is 2.24. The van der Waals surface area contributed by atoms with Crippen LogP contribution in [0.5, 0.6) is 11.6 Å². The molecule has 0 amide bonds. The van der Waals surface area contributed by atoms with Crippen molar-refractivity contribution in [2.24, 2.45) is 0 Å². The molecule has 0 aliphatic heterocycles. The van der Waals surface area contributed by atoms with Crippen LogP contribution < -0.4 is 9.46 Å². The second kappa shape index (κ2) is 8.19. The molecule has 3 heterocycles. The summed E-state index contributed by atoms with van der Waals surface area (Å²) in [5, 5.41) is 4.14. The van der Waals surface area contributed by atoms with E-state index in [0.29, 0.717) is 41.3 Å². The molecule has 0 bridgehead atoms. The molecule has 0 fully saturated rings. The molecule has 4 rings (SSSR count). The lowest BCUT2D eigenvalue weighted by Crippen LogP contribution is -2.13. The van der Waals surface area contributed by atoms with E-state index in [4.69, 9.17) is 4.74 Å². The lowest BCUT2D eigenvalue weighted by atomic mass is 10.3. The predicted octanol–water partition coefficient (Wildman–Crippen LogP) is 3.09. The maximum Gasteiger partial charge on any atom is 0.280 e. The number of anilines is 1. The molecule has 0 aliphatic carbocycles. The minimum absolute atomic E-state index is 0.0187. The molecule has 11 heteroatoms. The number of aromatic nitrogens is 6. The lowest BCUT2D eigenvalue weighted by Gasteiger charge is -2.09. The van der Waals surface area contributed by atoms with Gasteiger partial charge in [0.1, 0.15) is 17.4 Å². The van der Waals surface area contributed by atoms with E-state index in [9.17, 15) is 8.42 Å². The van der Waals surface area contributed by atoms with Crippen LogP contribution in [-0.4, -0.2) is 37.7 Å². The van der Waals surface area contributed by atoms with Gasteiger partial charge in [0.25, 0.3) is 10.0 Å². The van der Waals surface area contributed by atoms with Crippen LogP contribution in [0.25, 0.3) is 5.82 Å². The molecule has 10 nitrogen and oxygen atoms in total. The molecule has 0 radical (unpaired) electrons. The number of benzene rings is 1. The Bertz CT molecular complexity index is 1300. The number of imidazole rings is 1. The molecule has 0 atom stereocenters. The minimum Gasteiger partial charge on any atom is -0.439 e. The zero-order valence-electron chi connectivity index (χ0n) is 17.2. The van der Waals surface area contributed by atoms with Crippen LogP contribution in [0.4, 0.5) is 5.69 Å². The summed E-state index contributed by atoms with van der Waals surface area (Å²) in [5.41, 5.74) is 0.396. The highest BCUT2D eigenvalue weighted by Gasteiger charge is 2.19. The van der Waals surface area contributed by atoms with Gasteiger partial charge in [-0.05, 0) is 51.1 Å². The largest absolute Gasteiger partial charge is 0.439 e. The number of rotatable bonds is 7. The van der Waals surface area contributed by atoms with Crippen molar-refractivity contribution in [2.45, 2.75) is 32.3 Å². The summed E-state index contributed by atoms with van der Waals surface area (Å²) < 4.78 is 36.9. The van der Waals surface area contributed by atoms with Crippen molar-refractivity contribution in [1.29, 1.82) is 0 Å². The zero-order chi connectivity index (χ0) is 22.0. The Morgan fingerprint density at radius 2 is 1.87 bits per heavy atom. The van der Waals surface area contributed by atoms with Gasteiger partial charge in [0.15, 0.2) is 10.8 Å². The summed E-state index contributed by atoms with van der Waals surface area (Å²) in [6.07, 6.45) is 4.95. The SMILES string of the molecule is CCn1cc(S(=O)(=O)Nc2ccc(Oc3cc(-n4cccn4)nc(C)n3)cc2)nc1C. The van der Waals surface area contributed by atoms with Gasteiger partial charge in [-0.1, -0.05) is 0 Å². The van der Waals surface area contributed by atoms with Crippen molar-refractivity contribution in [3.8, 4) is 17.4 Å². The van der Waals surface area contributed by atoms with E-state index >= 15 is 0 Å². The second-order valence-corrected chi connectivity index (χ2v) is 8.34. The van der Waals surface area contributed by atoms with Gasteiger partial charge in [0.2, 0.25) is 5.88 Å². The molecule has 1 aromatic carbocycles. The maximum absolute atomic E-state index is 12.6.